The maximum absolute atomic E-state index is 11.4. The smallest absolute Gasteiger partial charge is 0.222 e. The van der Waals surface area contributed by atoms with Gasteiger partial charge in [0.25, 0.3) is 0 Å². The van der Waals surface area contributed by atoms with E-state index in [-0.39, 0.29) is 11.8 Å². The molecule has 0 fully saturated rings. The number of nitrogens with one attached hydrogen (secondary N) is 1. The molecule has 1 amide bonds. The largest absolute Gasteiger partial charge is 0.496 e. The van der Waals surface area contributed by atoms with Crippen molar-refractivity contribution in [3.8, 4) is 11.8 Å². The number of ether oxygens (including phenoxy) is 1. The van der Waals surface area contributed by atoms with E-state index in [2.05, 4.69) is 5.32 Å². The summed E-state index contributed by atoms with van der Waals surface area (Å²) in [5.41, 5.74) is 1.40. The standard InChI is InChI=1S/C13H16N2O2/c1-9(2)13(16)15-8-11-5-4-10(7-14)6-12(11)17-3/h4-6,9H,8H2,1-3H3,(H,15,16). The van der Waals surface area contributed by atoms with Crippen LogP contribution in [0.15, 0.2) is 18.2 Å². The van der Waals surface area contributed by atoms with Crippen LogP contribution in [0.5, 0.6) is 5.75 Å². The highest BCUT2D eigenvalue weighted by Crippen LogP contribution is 2.19. The Balaban J connectivity index is 2.78. The van der Waals surface area contributed by atoms with Crippen molar-refractivity contribution in [3.63, 3.8) is 0 Å². The van der Waals surface area contributed by atoms with Crippen molar-refractivity contribution in [2.75, 3.05) is 7.11 Å². The summed E-state index contributed by atoms with van der Waals surface area (Å²) < 4.78 is 5.18. The number of benzene rings is 1. The van der Waals surface area contributed by atoms with E-state index in [1.54, 1.807) is 25.3 Å². The Kier molecular flexibility index (Phi) is 4.53. The molecule has 1 rings (SSSR count). The average Bonchev–Trinajstić information content (AvgIpc) is 2.35. The molecule has 4 nitrogen and oxygen atoms in total. The molecule has 1 N–H and O–H groups in total. The van der Waals surface area contributed by atoms with Crippen LogP contribution in [-0.4, -0.2) is 13.0 Å². The van der Waals surface area contributed by atoms with Crippen molar-refractivity contribution in [2.24, 2.45) is 5.92 Å². The Bertz CT molecular complexity index is 447. The molecule has 0 aliphatic heterocycles. The summed E-state index contributed by atoms with van der Waals surface area (Å²) >= 11 is 0. The quantitative estimate of drug-likeness (QED) is 0.861. The topological polar surface area (TPSA) is 62.1 Å². The molecule has 0 aliphatic carbocycles. The lowest BCUT2D eigenvalue weighted by Gasteiger charge is -2.11. The SMILES string of the molecule is COc1cc(C#N)ccc1CNC(=O)C(C)C. The molecule has 0 radical (unpaired) electrons. The lowest BCUT2D eigenvalue weighted by molar-refractivity contribution is -0.124. The van der Waals surface area contributed by atoms with Crippen LogP contribution in [0.25, 0.3) is 0 Å². The molecule has 17 heavy (non-hydrogen) atoms. The van der Waals surface area contributed by atoms with Gasteiger partial charge in [-0.15, -0.1) is 0 Å². The lowest BCUT2D eigenvalue weighted by atomic mass is 10.1. The van der Waals surface area contributed by atoms with E-state index in [1.165, 1.54) is 0 Å². The van der Waals surface area contributed by atoms with Gasteiger partial charge in [0.2, 0.25) is 5.91 Å². The van der Waals surface area contributed by atoms with Gasteiger partial charge < -0.3 is 10.1 Å². The van der Waals surface area contributed by atoms with Crippen LogP contribution >= 0.6 is 0 Å². The van der Waals surface area contributed by atoms with Crippen molar-refractivity contribution in [2.45, 2.75) is 20.4 Å². The van der Waals surface area contributed by atoms with Crippen LogP contribution in [0.1, 0.15) is 25.0 Å². The second kappa shape index (κ2) is 5.90. The first-order chi connectivity index (χ1) is 8.08. The second-order valence-corrected chi connectivity index (χ2v) is 4.01. The van der Waals surface area contributed by atoms with E-state index >= 15 is 0 Å². The highest BCUT2D eigenvalue weighted by molar-refractivity contribution is 5.77. The zero-order chi connectivity index (χ0) is 12.8. The van der Waals surface area contributed by atoms with E-state index in [0.29, 0.717) is 17.9 Å². The predicted molar refractivity (Wildman–Crippen MR) is 64.4 cm³/mol. The van der Waals surface area contributed by atoms with Crippen molar-refractivity contribution in [1.82, 2.24) is 5.32 Å². The van der Waals surface area contributed by atoms with Gasteiger partial charge in [-0.25, -0.2) is 0 Å². The Morgan fingerprint density at radius 3 is 2.76 bits per heavy atom. The number of amides is 1. The third kappa shape index (κ3) is 3.49. The summed E-state index contributed by atoms with van der Waals surface area (Å²) in [5.74, 6) is 0.573. The van der Waals surface area contributed by atoms with Gasteiger partial charge in [0.15, 0.2) is 0 Å². The van der Waals surface area contributed by atoms with Crippen LogP contribution in [0, 0.1) is 17.2 Å². The van der Waals surface area contributed by atoms with Gasteiger partial charge in [-0.1, -0.05) is 19.9 Å². The number of hydrogen-bond acceptors (Lipinski definition) is 3. The molecule has 0 spiro atoms. The molecule has 1 aromatic rings. The van der Waals surface area contributed by atoms with Gasteiger partial charge in [-0.3, -0.25) is 4.79 Å². The van der Waals surface area contributed by atoms with Gasteiger partial charge >= 0.3 is 0 Å². The normalized spacial score (nSPS) is 9.82. The Morgan fingerprint density at radius 2 is 2.24 bits per heavy atom. The molecule has 0 atom stereocenters. The van der Waals surface area contributed by atoms with Gasteiger partial charge in [-0.05, 0) is 12.1 Å². The molecule has 90 valence electrons. The number of carbonyl (C=O) groups excluding carboxylic acids is 1. The molecule has 1 aromatic carbocycles. The summed E-state index contributed by atoms with van der Waals surface area (Å²) in [6.45, 7) is 4.09. The minimum Gasteiger partial charge on any atom is -0.496 e. The highest BCUT2D eigenvalue weighted by Gasteiger charge is 2.09. The Hall–Kier alpha value is -2.02. The van der Waals surface area contributed by atoms with Crippen LogP contribution in [0.4, 0.5) is 0 Å². The number of hydrogen-bond donors (Lipinski definition) is 1. The molecular weight excluding hydrogens is 216 g/mol. The number of carbonyl (C=O) groups is 1. The summed E-state index contributed by atoms with van der Waals surface area (Å²) in [6, 6.07) is 7.21. The van der Waals surface area contributed by atoms with Gasteiger partial charge in [0.05, 0.1) is 18.7 Å². The second-order valence-electron chi connectivity index (χ2n) is 4.01. The Labute approximate surface area is 101 Å². The van der Waals surface area contributed by atoms with E-state index < -0.39 is 0 Å². The highest BCUT2D eigenvalue weighted by atomic mass is 16.5. The van der Waals surface area contributed by atoms with E-state index in [1.807, 2.05) is 19.9 Å². The van der Waals surface area contributed by atoms with Gasteiger partial charge in [-0.2, -0.15) is 5.26 Å². The first-order valence-corrected chi connectivity index (χ1v) is 5.43. The third-order valence-electron chi connectivity index (χ3n) is 2.39. The fraction of sp³-hybridized carbons (Fsp3) is 0.385. The molecular formula is C13H16N2O2. The van der Waals surface area contributed by atoms with Crippen molar-refractivity contribution >= 4 is 5.91 Å². The molecule has 0 unspecified atom stereocenters. The zero-order valence-electron chi connectivity index (χ0n) is 10.3. The summed E-state index contributed by atoms with van der Waals surface area (Å²) in [7, 11) is 1.55. The van der Waals surface area contributed by atoms with Crippen LogP contribution in [-0.2, 0) is 11.3 Å². The minimum absolute atomic E-state index is 0.00332. The predicted octanol–water partition coefficient (Wildman–Crippen LogP) is 1.84. The molecule has 0 bridgehead atoms. The van der Waals surface area contributed by atoms with Crippen LogP contribution in [0.2, 0.25) is 0 Å². The molecule has 0 saturated carbocycles. The summed E-state index contributed by atoms with van der Waals surface area (Å²) in [4.78, 5) is 11.4. The van der Waals surface area contributed by atoms with Crippen molar-refractivity contribution in [1.29, 1.82) is 5.26 Å². The maximum atomic E-state index is 11.4. The molecule has 0 aliphatic rings. The lowest BCUT2D eigenvalue weighted by Crippen LogP contribution is -2.27. The number of nitriles is 1. The molecule has 0 aromatic heterocycles. The number of nitrogens with zero attached hydrogens (tertiary/aromatic N) is 1. The fourth-order valence-corrected chi connectivity index (χ4v) is 1.35. The van der Waals surface area contributed by atoms with E-state index in [9.17, 15) is 4.79 Å². The first kappa shape index (κ1) is 13.0. The van der Waals surface area contributed by atoms with Gasteiger partial charge in [0.1, 0.15) is 5.75 Å². The summed E-state index contributed by atoms with van der Waals surface area (Å²) in [5, 5.41) is 11.6. The van der Waals surface area contributed by atoms with E-state index in [0.717, 1.165) is 5.56 Å². The zero-order valence-corrected chi connectivity index (χ0v) is 10.3. The van der Waals surface area contributed by atoms with Crippen LogP contribution < -0.4 is 10.1 Å². The third-order valence-corrected chi connectivity index (χ3v) is 2.39. The number of methoxy groups -OCH3 is 1. The van der Waals surface area contributed by atoms with Crippen molar-refractivity contribution < 1.29 is 9.53 Å². The fourth-order valence-electron chi connectivity index (χ4n) is 1.35. The van der Waals surface area contributed by atoms with E-state index in [4.69, 9.17) is 10.00 Å². The van der Waals surface area contributed by atoms with Crippen molar-refractivity contribution in [3.05, 3.63) is 29.3 Å². The first-order valence-electron chi connectivity index (χ1n) is 5.43. The monoisotopic (exact) mass is 232 g/mol. The molecule has 4 heteroatoms. The summed E-state index contributed by atoms with van der Waals surface area (Å²) in [6.07, 6.45) is 0. The minimum atomic E-state index is -0.0422. The average molecular weight is 232 g/mol. The Morgan fingerprint density at radius 1 is 1.53 bits per heavy atom. The number of rotatable bonds is 4. The molecule has 0 heterocycles. The van der Waals surface area contributed by atoms with Gasteiger partial charge in [0, 0.05) is 18.0 Å². The molecule has 0 saturated heterocycles. The van der Waals surface area contributed by atoms with Crippen LogP contribution in [0.3, 0.4) is 0 Å². The maximum Gasteiger partial charge on any atom is 0.222 e.